The van der Waals surface area contributed by atoms with Crippen molar-refractivity contribution in [3.05, 3.63) is 148 Å². The molecule has 0 saturated heterocycles. The number of benzene rings is 3. The van der Waals surface area contributed by atoms with Crippen LogP contribution >= 0.6 is 12.6 Å². The molecule has 0 spiro atoms. The fraction of sp³-hybridized carbons (Fsp3) is 0.250. The van der Waals surface area contributed by atoms with E-state index < -0.39 is 0 Å². The minimum atomic E-state index is 0.749. The van der Waals surface area contributed by atoms with Crippen molar-refractivity contribution in [2.45, 2.75) is 65.7 Å². The molecule has 0 atom stereocenters. The average molecular weight is 998 g/mol. The second-order valence-electron chi connectivity index (χ2n) is 12.1. The number of hydrogen-bond acceptors (Lipinski definition) is 1. The van der Waals surface area contributed by atoms with Crippen LogP contribution < -0.4 is 3.12 Å². The van der Waals surface area contributed by atoms with E-state index >= 15 is 0 Å². The van der Waals surface area contributed by atoms with Crippen molar-refractivity contribution in [2.24, 2.45) is 0 Å². The molecule has 44 heavy (non-hydrogen) atoms. The molecule has 4 heteroatoms. The van der Waals surface area contributed by atoms with Crippen LogP contribution in [0.1, 0.15) is 84.6 Å². The summed E-state index contributed by atoms with van der Waals surface area (Å²) in [6.45, 7) is 0. The first-order chi connectivity index (χ1) is 21.6. The quantitative estimate of drug-likeness (QED) is 0.0892. The Labute approximate surface area is 306 Å². The van der Waals surface area contributed by atoms with Crippen molar-refractivity contribution in [3.8, 4) is 0 Å². The van der Waals surface area contributed by atoms with E-state index in [4.69, 9.17) is 0 Å². The molecule has 3 aromatic rings. The molecule has 2 saturated carbocycles. The SMILES string of the molecule is S\C=C/C(=C\C=C1/CCCC(/C=C/C(=C/[CH2][Pb])c2ccccc2[SH2+])=C1c1cc(C2CC2)cc(C2CC2)c1)c1cccc[c]1[Pb]. The van der Waals surface area contributed by atoms with Crippen molar-refractivity contribution in [1.82, 2.24) is 0 Å². The molecule has 0 aromatic heterocycles. The van der Waals surface area contributed by atoms with E-state index in [0.29, 0.717) is 0 Å². The summed E-state index contributed by atoms with van der Waals surface area (Å²) >= 11 is 10.5. The molecule has 218 valence electrons. The summed E-state index contributed by atoms with van der Waals surface area (Å²) in [6.07, 6.45) is 22.9. The molecule has 0 unspecified atom stereocenters. The maximum absolute atomic E-state index is 4.47. The summed E-state index contributed by atoms with van der Waals surface area (Å²) < 4.78 is 2.56. The van der Waals surface area contributed by atoms with E-state index in [2.05, 4.69) is 128 Å². The summed E-state index contributed by atoms with van der Waals surface area (Å²) in [5, 5.41) is 1.87. The van der Waals surface area contributed by atoms with Gasteiger partial charge < -0.3 is 0 Å². The molecule has 3 aromatic carbocycles. The Morgan fingerprint density at radius 2 is 1.52 bits per heavy atom. The van der Waals surface area contributed by atoms with E-state index in [1.54, 1.807) is 11.1 Å². The predicted molar refractivity (Wildman–Crippen MR) is 200 cm³/mol. The molecular weight excluding hydrogens is 959 g/mol. The Balaban J connectivity index is 1.50. The molecule has 6 rings (SSSR count). The zero-order valence-electron chi connectivity index (χ0n) is 25.2. The Morgan fingerprint density at radius 3 is 2.16 bits per heavy atom. The Morgan fingerprint density at radius 1 is 0.841 bits per heavy atom. The van der Waals surface area contributed by atoms with Crippen molar-refractivity contribution in [1.29, 1.82) is 0 Å². The van der Waals surface area contributed by atoms with Crippen LogP contribution in [0.25, 0.3) is 16.7 Å². The molecule has 0 bridgehead atoms. The molecule has 3 aliphatic carbocycles. The third-order valence-corrected chi connectivity index (χ3v) is 12.0. The van der Waals surface area contributed by atoms with Gasteiger partial charge >= 0.3 is 310 Å². The van der Waals surface area contributed by atoms with Crippen LogP contribution in [0.15, 0.2) is 125 Å². The molecule has 0 N–H and O–H groups in total. The van der Waals surface area contributed by atoms with Crippen LogP contribution in [0.3, 0.4) is 0 Å². The molecule has 0 nitrogen and oxygen atoms in total. The van der Waals surface area contributed by atoms with E-state index in [1.807, 2.05) is 5.41 Å². The minimum absolute atomic E-state index is 0.749. The third kappa shape index (κ3) is 8.13. The molecule has 0 heterocycles. The van der Waals surface area contributed by atoms with Gasteiger partial charge in [-0.25, -0.2) is 0 Å². The monoisotopic (exact) mass is 999 g/mol. The average Bonchev–Trinajstić information content (AvgIpc) is 3.96. The first kappa shape index (κ1) is 32.6. The summed E-state index contributed by atoms with van der Waals surface area (Å²) in [4.78, 5) is 1.15. The second-order valence-corrected chi connectivity index (χ2v) is 16.6. The van der Waals surface area contributed by atoms with Gasteiger partial charge in [0, 0.05) is 0 Å². The maximum atomic E-state index is 4.47. The molecule has 2 fully saturated rings. The molecule has 3 aliphatic rings. The van der Waals surface area contributed by atoms with Crippen LogP contribution in [-0.4, -0.2) is 51.5 Å². The standard InChI is InChI=1S/C40H38S2.2Pb/c1-2-28(38-13-6-7-14-39(38)42)15-21-33-11-8-12-34(22-20-32(23-24-41)29-9-4-3-5-10-29)40(33)37-26-35(30-16-17-30)25-36(27-37)31-18-19-31;;/h2-7,9,13-15,20-27,30-31,41-42H,1,8,11-12,16-19H2;;/p+1/b21-15+,24-23-,28-2-,32-20+,34-22+;;. The fourth-order valence-corrected chi connectivity index (χ4v) is 8.90. The molecule has 0 aliphatic heterocycles. The van der Waals surface area contributed by atoms with Gasteiger partial charge in [-0.2, -0.15) is 0 Å². The first-order valence-electron chi connectivity index (χ1n) is 15.8. The van der Waals surface area contributed by atoms with Gasteiger partial charge in [0.2, 0.25) is 0 Å². The van der Waals surface area contributed by atoms with E-state index in [0.717, 1.165) is 85.1 Å². The topological polar surface area (TPSA) is 0 Å². The van der Waals surface area contributed by atoms with Crippen LogP contribution in [0, 0.1) is 0 Å². The zero-order valence-corrected chi connectivity index (χ0v) is 34.8. The van der Waals surface area contributed by atoms with E-state index in [9.17, 15) is 0 Å². The number of allylic oxidation sites excluding steroid dienone is 11. The number of thiol groups is 1. The fourth-order valence-electron chi connectivity index (χ4n) is 6.30. The third-order valence-electron chi connectivity index (χ3n) is 8.88. The van der Waals surface area contributed by atoms with Crippen molar-refractivity contribution in [2.75, 3.05) is 0 Å². The second kappa shape index (κ2) is 15.5. The summed E-state index contributed by atoms with van der Waals surface area (Å²) in [6, 6.07) is 25.0. The molecule has 6 radical (unpaired) electrons. The van der Waals surface area contributed by atoms with Gasteiger partial charge in [-0.1, -0.05) is 0 Å². The summed E-state index contributed by atoms with van der Waals surface area (Å²) in [5.74, 6) is 1.50. The van der Waals surface area contributed by atoms with Crippen LogP contribution in [0.4, 0.5) is 0 Å². The molecular formula is C40H39Pb2S2+. The molecule has 0 amide bonds. The summed E-state index contributed by atoms with van der Waals surface area (Å²) in [7, 11) is 0. The van der Waals surface area contributed by atoms with Crippen LogP contribution in [-0.2, 0) is 12.6 Å². The van der Waals surface area contributed by atoms with Gasteiger partial charge in [0.05, 0.1) is 0 Å². The Bertz CT molecular complexity index is 1680. The normalized spacial score (nSPS) is 19.1. The van der Waals surface area contributed by atoms with Crippen molar-refractivity contribution < 1.29 is 0 Å². The van der Waals surface area contributed by atoms with Gasteiger partial charge in [-0.3, -0.25) is 0 Å². The van der Waals surface area contributed by atoms with Gasteiger partial charge in [0.25, 0.3) is 0 Å². The first-order valence-corrected chi connectivity index (χ1v) is 21.5. The van der Waals surface area contributed by atoms with Crippen LogP contribution in [0.2, 0.25) is 3.98 Å². The van der Waals surface area contributed by atoms with Gasteiger partial charge in [0.1, 0.15) is 0 Å². The van der Waals surface area contributed by atoms with Crippen molar-refractivity contribution >= 4 is 96.6 Å². The van der Waals surface area contributed by atoms with E-state index in [1.165, 1.54) is 79.8 Å². The van der Waals surface area contributed by atoms with Gasteiger partial charge in [-0.15, -0.1) is 0 Å². The number of hydrogen-bond donors (Lipinski definition) is 1. The Hall–Kier alpha value is -1.36. The Kier molecular flexibility index (Phi) is 11.5. The summed E-state index contributed by atoms with van der Waals surface area (Å²) in [5.41, 5.74) is 14.1. The van der Waals surface area contributed by atoms with Gasteiger partial charge in [-0.05, 0) is 0 Å². The van der Waals surface area contributed by atoms with Gasteiger partial charge in [0.15, 0.2) is 0 Å². The van der Waals surface area contributed by atoms with Crippen molar-refractivity contribution in [3.63, 3.8) is 0 Å². The van der Waals surface area contributed by atoms with E-state index in [-0.39, 0.29) is 0 Å². The predicted octanol–water partition coefficient (Wildman–Crippen LogP) is 9.22. The number of rotatable bonds is 10. The zero-order chi connectivity index (χ0) is 30.5. The van der Waals surface area contributed by atoms with Crippen LogP contribution in [0.5, 0.6) is 0 Å².